The molecule has 0 aliphatic rings. The zero-order valence-corrected chi connectivity index (χ0v) is 38.9. The average molecular weight is 835 g/mol. The maximum atomic E-state index is 12.7. The summed E-state index contributed by atoms with van der Waals surface area (Å²) in [5, 5.41) is 0. The predicted octanol–water partition coefficient (Wildman–Crippen LogP) is 16.0. The van der Waals surface area contributed by atoms with Crippen molar-refractivity contribution < 1.29 is 28.6 Å². The first-order valence-corrected chi connectivity index (χ1v) is 24.6. The molecule has 60 heavy (non-hydrogen) atoms. The molecule has 0 heterocycles. The topological polar surface area (TPSA) is 78.9 Å². The molecule has 6 nitrogen and oxygen atoms in total. The average Bonchev–Trinajstić information content (AvgIpc) is 3.24. The lowest BCUT2D eigenvalue weighted by Gasteiger charge is -2.18. The van der Waals surface area contributed by atoms with E-state index in [-0.39, 0.29) is 44.0 Å². The molecule has 0 fully saturated rings. The molecule has 0 aromatic rings. The van der Waals surface area contributed by atoms with Gasteiger partial charge in [-0.3, -0.25) is 14.4 Å². The fraction of sp³-hybridized carbons (Fsp3) is 0.685. The van der Waals surface area contributed by atoms with Crippen LogP contribution in [-0.4, -0.2) is 37.2 Å². The Morgan fingerprint density at radius 3 is 1.18 bits per heavy atom. The zero-order chi connectivity index (χ0) is 43.7. The Kier molecular flexibility index (Phi) is 45.5. The van der Waals surface area contributed by atoms with Gasteiger partial charge in [0.05, 0.1) is 0 Å². The minimum absolute atomic E-state index is 0.105. The summed E-state index contributed by atoms with van der Waals surface area (Å²) in [5.41, 5.74) is 0. The van der Waals surface area contributed by atoms with Gasteiger partial charge in [-0.1, -0.05) is 202 Å². The summed E-state index contributed by atoms with van der Waals surface area (Å²) in [4.78, 5) is 37.8. The molecule has 0 amide bonds. The van der Waals surface area contributed by atoms with Gasteiger partial charge < -0.3 is 14.2 Å². The number of carbonyl (C=O) groups is 3. The van der Waals surface area contributed by atoms with Crippen molar-refractivity contribution >= 4 is 17.9 Å². The van der Waals surface area contributed by atoms with E-state index in [1.165, 1.54) is 83.5 Å². The van der Waals surface area contributed by atoms with Crippen LogP contribution in [0.5, 0.6) is 0 Å². The van der Waals surface area contributed by atoms with Gasteiger partial charge in [-0.2, -0.15) is 0 Å². The van der Waals surface area contributed by atoms with Crippen molar-refractivity contribution in [3.05, 3.63) is 85.1 Å². The Morgan fingerprint density at radius 1 is 0.367 bits per heavy atom. The van der Waals surface area contributed by atoms with Crippen molar-refractivity contribution in [1.82, 2.24) is 0 Å². The number of hydrogen-bond donors (Lipinski definition) is 0. The first-order valence-electron chi connectivity index (χ1n) is 24.6. The first-order chi connectivity index (χ1) is 29.5. The monoisotopic (exact) mass is 835 g/mol. The second kappa shape index (κ2) is 48.3. The highest BCUT2D eigenvalue weighted by atomic mass is 16.6. The highest BCUT2D eigenvalue weighted by Gasteiger charge is 2.19. The minimum atomic E-state index is -0.810. The van der Waals surface area contributed by atoms with Crippen LogP contribution < -0.4 is 0 Å². The van der Waals surface area contributed by atoms with E-state index in [1.54, 1.807) is 0 Å². The fourth-order valence-corrected chi connectivity index (χ4v) is 6.47. The van der Waals surface area contributed by atoms with Gasteiger partial charge in [-0.05, 0) is 83.5 Å². The Morgan fingerprint density at radius 2 is 0.717 bits per heavy atom. The maximum absolute atomic E-state index is 12.7. The fourth-order valence-electron chi connectivity index (χ4n) is 6.47. The molecule has 1 unspecified atom stereocenters. The summed E-state index contributed by atoms with van der Waals surface area (Å²) < 4.78 is 16.7. The van der Waals surface area contributed by atoms with Gasteiger partial charge in [0, 0.05) is 19.3 Å². The number of esters is 3. The standard InChI is InChI=1S/C54H90O6/c1-4-7-10-13-16-19-21-23-25-27-29-30-32-35-38-41-44-47-53(56)59-50-51(49-58-52(55)46-43-40-37-34-18-15-12-9-6-3)60-54(57)48-45-42-39-36-33-31-28-26-24-22-20-17-14-11-8-5-2/h7,10,16,19,23,25-26,28-31,33,35,38,51H,4-6,8-9,11-15,17-18,20-22,24,27,32,34,36-37,39-50H2,1-3H3/b10-7-,19-16-,25-23-,28-26-,30-29-,33-31-,38-35-. The molecule has 1 atom stereocenters. The summed E-state index contributed by atoms with van der Waals surface area (Å²) in [6.45, 7) is 6.41. The second-order valence-corrected chi connectivity index (χ2v) is 16.0. The number of ether oxygens (including phenoxy) is 3. The second-order valence-electron chi connectivity index (χ2n) is 16.0. The predicted molar refractivity (Wildman–Crippen MR) is 256 cm³/mol. The summed E-state index contributed by atoms with van der Waals surface area (Å²) >= 11 is 0. The van der Waals surface area contributed by atoms with Crippen LogP contribution in [0, 0.1) is 0 Å². The molecule has 0 spiro atoms. The number of hydrogen-bond acceptors (Lipinski definition) is 6. The Labute approximate surface area is 369 Å². The van der Waals surface area contributed by atoms with Crippen molar-refractivity contribution in [3.8, 4) is 0 Å². The molecular formula is C54H90O6. The highest BCUT2D eigenvalue weighted by molar-refractivity contribution is 5.71. The Balaban J connectivity index is 4.49. The molecule has 0 radical (unpaired) electrons. The van der Waals surface area contributed by atoms with Crippen molar-refractivity contribution in [3.63, 3.8) is 0 Å². The van der Waals surface area contributed by atoms with Gasteiger partial charge in [-0.15, -0.1) is 0 Å². The van der Waals surface area contributed by atoms with E-state index in [2.05, 4.69) is 106 Å². The minimum Gasteiger partial charge on any atom is -0.462 e. The largest absolute Gasteiger partial charge is 0.462 e. The van der Waals surface area contributed by atoms with Crippen LogP contribution in [0.4, 0.5) is 0 Å². The molecule has 0 aromatic carbocycles. The van der Waals surface area contributed by atoms with Gasteiger partial charge >= 0.3 is 17.9 Å². The van der Waals surface area contributed by atoms with Crippen molar-refractivity contribution in [2.75, 3.05) is 13.2 Å². The third-order valence-electron chi connectivity index (χ3n) is 10.2. The van der Waals surface area contributed by atoms with Crippen molar-refractivity contribution in [2.45, 2.75) is 226 Å². The molecule has 6 heteroatoms. The SMILES string of the molecule is CC/C=C\C/C=C\C/C=C\C/C=C\C/C=C\CCCC(=O)OCC(COC(=O)CCCCCCCCCCC)OC(=O)CCCCC/C=C\C=C/CCCCCCCCC. The third kappa shape index (κ3) is 45.7. The van der Waals surface area contributed by atoms with E-state index in [0.717, 1.165) is 89.9 Å². The van der Waals surface area contributed by atoms with Crippen LogP contribution in [0.25, 0.3) is 0 Å². The lowest BCUT2D eigenvalue weighted by atomic mass is 10.1. The number of rotatable bonds is 43. The van der Waals surface area contributed by atoms with Crippen LogP contribution in [0.1, 0.15) is 220 Å². The van der Waals surface area contributed by atoms with Crippen molar-refractivity contribution in [2.24, 2.45) is 0 Å². The van der Waals surface area contributed by atoms with E-state index in [1.807, 2.05) is 0 Å². The van der Waals surface area contributed by atoms with Gasteiger partial charge in [-0.25, -0.2) is 0 Å². The maximum Gasteiger partial charge on any atom is 0.306 e. The van der Waals surface area contributed by atoms with Crippen LogP contribution in [0.2, 0.25) is 0 Å². The summed E-state index contributed by atoms with van der Waals surface area (Å²) in [6.07, 6.45) is 61.5. The summed E-state index contributed by atoms with van der Waals surface area (Å²) in [6, 6.07) is 0. The van der Waals surface area contributed by atoms with E-state index in [9.17, 15) is 14.4 Å². The molecule has 0 aromatic heterocycles. The molecule has 342 valence electrons. The van der Waals surface area contributed by atoms with Crippen LogP contribution >= 0.6 is 0 Å². The van der Waals surface area contributed by atoms with E-state index >= 15 is 0 Å². The lowest BCUT2D eigenvalue weighted by Crippen LogP contribution is -2.30. The van der Waals surface area contributed by atoms with E-state index in [4.69, 9.17) is 14.2 Å². The number of allylic oxidation sites excluding steroid dienone is 14. The van der Waals surface area contributed by atoms with Crippen LogP contribution in [0.3, 0.4) is 0 Å². The molecule has 0 saturated carbocycles. The zero-order valence-electron chi connectivity index (χ0n) is 38.9. The number of carbonyl (C=O) groups excluding carboxylic acids is 3. The van der Waals surface area contributed by atoms with Crippen molar-refractivity contribution in [1.29, 1.82) is 0 Å². The molecule has 0 N–H and O–H groups in total. The van der Waals surface area contributed by atoms with Gasteiger partial charge in [0.1, 0.15) is 13.2 Å². The normalized spacial score (nSPS) is 12.8. The molecule has 0 saturated heterocycles. The molecule has 0 bridgehead atoms. The van der Waals surface area contributed by atoms with Gasteiger partial charge in [0.15, 0.2) is 6.10 Å². The summed E-state index contributed by atoms with van der Waals surface area (Å²) in [5.74, 6) is -0.999. The Bertz CT molecular complexity index is 1190. The smallest absolute Gasteiger partial charge is 0.306 e. The molecule has 0 rings (SSSR count). The number of unbranched alkanes of at least 4 members (excludes halogenated alkanes) is 19. The third-order valence-corrected chi connectivity index (χ3v) is 10.2. The molecular weight excluding hydrogens is 745 g/mol. The Hall–Kier alpha value is -3.41. The van der Waals surface area contributed by atoms with E-state index < -0.39 is 6.10 Å². The first kappa shape index (κ1) is 56.6. The highest BCUT2D eigenvalue weighted by Crippen LogP contribution is 2.13. The quantitative estimate of drug-likeness (QED) is 0.0200. The van der Waals surface area contributed by atoms with Crippen LogP contribution in [0.15, 0.2) is 85.1 Å². The lowest BCUT2D eigenvalue weighted by molar-refractivity contribution is -0.167. The van der Waals surface area contributed by atoms with Gasteiger partial charge in [0.25, 0.3) is 0 Å². The summed E-state index contributed by atoms with van der Waals surface area (Å²) in [7, 11) is 0. The van der Waals surface area contributed by atoms with E-state index in [0.29, 0.717) is 12.8 Å². The molecule has 0 aliphatic carbocycles. The molecule has 0 aliphatic heterocycles. The van der Waals surface area contributed by atoms with Crippen LogP contribution in [-0.2, 0) is 28.6 Å². The van der Waals surface area contributed by atoms with Gasteiger partial charge in [0.2, 0.25) is 0 Å².